The SMILES string of the molecule is CC(N)C(=O)NC(CO)C(=O)NC(CC(=O)O)C(=O)O. The van der Waals surface area contributed by atoms with E-state index in [1.165, 1.54) is 6.92 Å². The van der Waals surface area contributed by atoms with Gasteiger partial charge >= 0.3 is 11.9 Å². The van der Waals surface area contributed by atoms with Gasteiger partial charge in [-0.2, -0.15) is 0 Å². The van der Waals surface area contributed by atoms with Crippen LogP contribution in [0.3, 0.4) is 0 Å². The number of carbonyl (C=O) groups excluding carboxylic acids is 2. The van der Waals surface area contributed by atoms with Crippen molar-refractivity contribution in [2.24, 2.45) is 5.73 Å². The van der Waals surface area contributed by atoms with Crippen molar-refractivity contribution in [3.63, 3.8) is 0 Å². The average molecular weight is 291 g/mol. The van der Waals surface area contributed by atoms with E-state index in [-0.39, 0.29) is 0 Å². The molecule has 0 heterocycles. The molecule has 0 radical (unpaired) electrons. The Morgan fingerprint density at radius 3 is 1.90 bits per heavy atom. The fourth-order valence-corrected chi connectivity index (χ4v) is 1.14. The second kappa shape index (κ2) is 8.07. The molecule has 10 heteroatoms. The number of aliphatic hydroxyl groups is 1. The van der Waals surface area contributed by atoms with Crippen LogP contribution >= 0.6 is 0 Å². The van der Waals surface area contributed by atoms with Gasteiger partial charge in [0.25, 0.3) is 0 Å². The van der Waals surface area contributed by atoms with E-state index in [9.17, 15) is 19.2 Å². The van der Waals surface area contributed by atoms with Crippen LogP contribution in [0.1, 0.15) is 13.3 Å². The summed E-state index contributed by atoms with van der Waals surface area (Å²) in [6.45, 7) is 0.565. The normalized spacial score (nSPS) is 14.8. The van der Waals surface area contributed by atoms with Crippen LogP contribution in [0.5, 0.6) is 0 Å². The lowest BCUT2D eigenvalue weighted by molar-refractivity contribution is -0.147. The van der Waals surface area contributed by atoms with E-state index in [2.05, 4.69) is 5.32 Å². The maximum Gasteiger partial charge on any atom is 0.326 e. The summed E-state index contributed by atoms with van der Waals surface area (Å²) in [6.07, 6.45) is -0.833. The number of nitrogens with one attached hydrogen (secondary N) is 2. The highest BCUT2D eigenvalue weighted by Gasteiger charge is 2.28. The Morgan fingerprint density at radius 2 is 1.55 bits per heavy atom. The van der Waals surface area contributed by atoms with Gasteiger partial charge in [-0.3, -0.25) is 14.4 Å². The van der Waals surface area contributed by atoms with Crippen LogP contribution in [0.25, 0.3) is 0 Å². The van der Waals surface area contributed by atoms with E-state index in [0.717, 1.165) is 0 Å². The smallest absolute Gasteiger partial charge is 0.326 e. The Morgan fingerprint density at radius 1 is 1.05 bits per heavy atom. The molecule has 0 aliphatic rings. The van der Waals surface area contributed by atoms with Crippen LogP contribution in [0, 0.1) is 0 Å². The predicted octanol–water partition coefficient (Wildman–Crippen LogP) is -3.15. The van der Waals surface area contributed by atoms with E-state index in [1.54, 1.807) is 0 Å². The Bertz CT molecular complexity index is 396. The molecule has 10 nitrogen and oxygen atoms in total. The summed E-state index contributed by atoms with van der Waals surface area (Å²) in [6, 6.07) is -4.00. The number of carboxylic acid groups (broad SMARTS) is 2. The lowest BCUT2D eigenvalue weighted by Gasteiger charge is -2.19. The summed E-state index contributed by atoms with van der Waals surface area (Å²) in [4.78, 5) is 44.1. The zero-order chi connectivity index (χ0) is 15.9. The molecule has 20 heavy (non-hydrogen) atoms. The predicted molar refractivity (Wildman–Crippen MR) is 64.5 cm³/mol. The third kappa shape index (κ3) is 6.11. The van der Waals surface area contributed by atoms with Gasteiger partial charge in [0.15, 0.2) is 0 Å². The summed E-state index contributed by atoms with van der Waals surface area (Å²) < 4.78 is 0. The van der Waals surface area contributed by atoms with Gasteiger partial charge in [0, 0.05) is 0 Å². The summed E-state index contributed by atoms with van der Waals surface area (Å²) in [5.74, 6) is -4.70. The Labute approximate surface area is 113 Å². The second-order valence-electron chi connectivity index (χ2n) is 4.03. The fraction of sp³-hybridized carbons (Fsp3) is 0.600. The van der Waals surface area contributed by atoms with Crippen molar-refractivity contribution in [3.8, 4) is 0 Å². The summed E-state index contributed by atoms with van der Waals surface area (Å²) in [5, 5.41) is 30.2. The van der Waals surface area contributed by atoms with Crippen LogP contribution < -0.4 is 16.4 Å². The largest absolute Gasteiger partial charge is 0.481 e. The van der Waals surface area contributed by atoms with Crippen molar-refractivity contribution < 1.29 is 34.5 Å². The molecule has 0 aliphatic heterocycles. The highest BCUT2D eigenvalue weighted by molar-refractivity contribution is 5.92. The van der Waals surface area contributed by atoms with Crippen LogP contribution in [-0.4, -0.2) is 63.8 Å². The standard InChI is InChI=1S/C10H17N3O7/c1-4(11)8(17)13-6(3-14)9(18)12-5(10(19)20)2-7(15)16/h4-6,14H,2-3,11H2,1H3,(H,12,18)(H,13,17)(H,15,16)(H,19,20). The molecule has 0 rings (SSSR count). The van der Waals surface area contributed by atoms with Gasteiger partial charge in [0.05, 0.1) is 19.1 Å². The lowest BCUT2D eigenvalue weighted by Crippen LogP contribution is -2.55. The van der Waals surface area contributed by atoms with Gasteiger partial charge in [-0.25, -0.2) is 4.79 Å². The highest BCUT2D eigenvalue weighted by atomic mass is 16.4. The van der Waals surface area contributed by atoms with E-state index >= 15 is 0 Å². The molecule has 0 spiro atoms. The van der Waals surface area contributed by atoms with Crippen LogP contribution in [-0.2, 0) is 19.2 Å². The zero-order valence-corrected chi connectivity index (χ0v) is 10.7. The number of hydrogen-bond donors (Lipinski definition) is 6. The van der Waals surface area contributed by atoms with Crippen LogP contribution in [0.4, 0.5) is 0 Å². The topological polar surface area (TPSA) is 179 Å². The van der Waals surface area contributed by atoms with Crippen molar-refractivity contribution in [2.75, 3.05) is 6.61 Å². The van der Waals surface area contributed by atoms with E-state index in [4.69, 9.17) is 21.1 Å². The zero-order valence-electron chi connectivity index (χ0n) is 10.7. The molecule has 0 aromatic heterocycles. The highest BCUT2D eigenvalue weighted by Crippen LogP contribution is 1.95. The Balaban J connectivity index is 4.70. The maximum atomic E-state index is 11.6. The molecule has 0 saturated carbocycles. The van der Waals surface area contributed by atoms with Gasteiger partial charge in [0.1, 0.15) is 12.1 Å². The van der Waals surface area contributed by atoms with Gasteiger partial charge in [-0.1, -0.05) is 0 Å². The van der Waals surface area contributed by atoms with Crippen LogP contribution in [0.2, 0.25) is 0 Å². The van der Waals surface area contributed by atoms with Gasteiger partial charge in [-0.05, 0) is 6.92 Å². The molecule has 0 aromatic carbocycles. The van der Waals surface area contributed by atoms with Gasteiger partial charge in [0.2, 0.25) is 11.8 Å². The number of nitrogens with two attached hydrogens (primary N) is 1. The summed E-state index contributed by atoms with van der Waals surface area (Å²) in [7, 11) is 0. The first-order valence-corrected chi connectivity index (χ1v) is 5.60. The van der Waals surface area contributed by atoms with Crippen molar-refractivity contribution in [2.45, 2.75) is 31.5 Å². The number of carbonyl (C=O) groups is 4. The second-order valence-corrected chi connectivity index (χ2v) is 4.03. The van der Waals surface area contributed by atoms with Gasteiger partial charge in [-0.15, -0.1) is 0 Å². The molecule has 3 atom stereocenters. The minimum Gasteiger partial charge on any atom is -0.481 e. The van der Waals surface area contributed by atoms with E-state index in [0.29, 0.717) is 0 Å². The molecular formula is C10H17N3O7. The molecular weight excluding hydrogens is 274 g/mol. The minimum atomic E-state index is -1.67. The van der Waals surface area contributed by atoms with Gasteiger partial charge < -0.3 is 31.7 Å². The molecule has 0 bridgehead atoms. The van der Waals surface area contributed by atoms with Crippen molar-refractivity contribution in [1.29, 1.82) is 0 Å². The Hall–Kier alpha value is -2.20. The molecule has 0 aromatic rings. The van der Waals surface area contributed by atoms with E-state index < -0.39 is 54.9 Å². The van der Waals surface area contributed by atoms with Crippen LogP contribution in [0.15, 0.2) is 0 Å². The average Bonchev–Trinajstić information content (AvgIpc) is 2.33. The molecule has 114 valence electrons. The van der Waals surface area contributed by atoms with Crippen molar-refractivity contribution in [3.05, 3.63) is 0 Å². The quantitative estimate of drug-likeness (QED) is 0.271. The number of rotatable bonds is 8. The lowest BCUT2D eigenvalue weighted by atomic mass is 10.2. The first-order chi connectivity index (χ1) is 9.18. The molecule has 0 aliphatic carbocycles. The molecule has 7 N–H and O–H groups in total. The van der Waals surface area contributed by atoms with Crippen molar-refractivity contribution in [1.82, 2.24) is 10.6 Å². The number of amides is 2. The molecule has 0 fully saturated rings. The number of hydrogen-bond acceptors (Lipinski definition) is 6. The minimum absolute atomic E-state index is 0.718. The fourth-order valence-electron chi connectivity index (χ4n) is 1.14. The first kappa shape index (κ1) is 17.8. The molecule has 0 saturated heterocycles. The van der Waals surface area contributed by atoms with Crippen molar-refractivity contribution >= 4 is 23.8 Å². The number of aliphatic carboxylic acids is 2. The molecule has 2 amide bonds. The third-order valence-corrected chi connectivity index (χ3v) is 2.22. The monoisotopic (exact) mass is 291 g/mol. The maximum absolute atomic E-state index is 11.6. The third-order valence-electron chi connectivity index (χ3n) is 2.22. The van der Waals surface area contributed by atoms with E-state index in [1.807, 2.05) is 5.32 Å². The number of carboxylic acids is 2. The number of aliphatic hydroxyl groups excluding tert-OH is 1. The molecule has 3 unspecified atom stereocenters. The summed E-state index contributed by atoms with van der Waals surface area (Å²) in [5.41, 5.74) is 5.26. The summed E-state index contributed by atoms with van der Waals surface area (Å²) >= 11 is 0. The Kier molecular flexibility index (Phi) is 7.18. The first-order valence-electron chi connectivity index (χ1n) is 5.60.